The van der Waals surface area contributed by atoms with Crippen LogP contribution in [0.3, 0.4) is 0 Å². The van der Waals surface area contributed by atoms with Gasteiger partial charge in [-0.25, -0.2) is 0 Å². The van der Waals surface area contributed by atoms with Crippen LogP contribution in [0.4, 0.5) is 5.69 Å². The first-order valence-corrected chi connectivity index (χ1v) is 7.00. The Kier molecular flexibility index (Phi) is 4.53. The van der Waals surface area contributed by atoms with E-state index in [4.69, 9.17) is 0 Å². The number of pyridine rings is 1. The first kappa shape index (κ1) is 14.0. The monoisotopic (exact) mass is 261 g/mol. The van der Waals surface area contributed by atoms with Crippen LogP contribution in [0, 0.1) is 5.92 Å². The molecule has 1 saturated heterocycles. The molecule has 0 amide bonds. The maximum atomic E-state index is 11.2. The van der Waals surface area contributed by atoms with E-state index in [1.54, 1.807) is 6.92 Å². The summed E-state index contributed by atoms with van der Waals surface area (Å²) in [6.45, 7) is 11.5. The highest BCUT2D eigenvalue weighted by Gasteiger charge is 2.18. The van der Waals surface area contributed by atoms with Gasteiger partial charge in [-0.2, -0.15) is 0 Å². The number of carbonyl (C=O) groups is 1. The van der Waals surface area contributed by atoms with Crippen LogP contribution in [-0.4, -0.2) is 48.4 Å². The molecule has 104 valence electrons. The molecule has 1 aliphatic rings. The number of piperazine rings is 1. The summed E-state index contributed by atoms with van der Waals surface area (Å²) < 4.78 is 0. The van der Waals surface area contributed by atoms with Gasteiger partial charge in [0.25, 0.3) is 0 Å². The SMILES string of the molecule is CC(=O)c1ccc(N2CCN(CC(C)C)CC2)cn1. The third-order valence-electron chi connectivity index (χ3n) is 3.47. The lowest BCUT2D eigenvalue weighted by Crippen LogP contribution is -2.47. The van der Waals surface area contributed by atoms with Gasteiger partial charge in [0.1, 0.15) is 5.69 Å². The Morgan fingerprint density at radius 2 is 1.95 bits per heavy atom. The van der Waals surface area contributed by atoms with E-state index in [-0.39, 0.29) is 5.78 Å². The molecule has 4 nitrogen and oxygen atoms in total. The standard InChI is InChI=1S/C15H23N3O/c1-12(2)11-17-6-8-18(9-7-17)14-4-5-15(13(3)19)16-10-14/h4-5,10,12H,6-9,11H2,1-3H3. The number of anilines is 1. The van der Waals surface area contributed by atoms with Crippen molar-refractivity contribution in [3.63, 3.8) is 0 Å². The van der Waals surface area contributed by atoms with E-state index < -0.39 is 0 Å². The number of ketones is 1. The number of nitrogens with zero attached hydrogens (tertiary/aromatic N) is 3. The molecule has 0 aromatic carbocycles. The zero-order chi connectivity index (χ0) is 13.8. The van der Waals surface area contributed by atoms with Crippen LogP contribution in [0.15, 0.2) is 18.3 Å². The van der Waals surface area contributed by atoms with E-state index in [1.165, 1.54) is 6.54 Å². The van der Waals surface area contributed by atoms with E-state index in [1.807, 2.05) is 18.3 Å². The number of Topliss-reactive ketones (excluding diaryl/α,β-unsaturated/α-hetero) is 1. The molecule has 0 aliphatic carbocycles. The molecule has 1 aromatic heterocycles. The Bertz CT molecular complexity index is 420. The van der Waals surface area contributed by atoms with Crippen molar-refractivity contribution in [3.05, 3.63) is 24.0 Å². The fourth-order valence-electron chi connectivity index (χ4n) is 2.49. The van der Waals surface area contributed by atoms with Gasteiger partial charge in [0.05, 0.1) is 11.9 Å². The minimum Gasteiger partial charge on any atom is -0.368 e. The van der Waals surface area contributed by atoms with E-state index in [0.29, 0.717) is 5.69 Å². The molecular formula is C15H23N3O. The van der Waals surface area contributed by atoms with E-state index in [9.17, 15) is 4.79 Å². The minimum absolute atomic E-state index is 0.0216. The summed E-state index contributed by atoms with van der Waals surface area (Å²) in [5.41, 5.74) is 1.66. The van der Waals surface area contributed by atoms with Gasteiger partial charge < -0.3 is 4.90 Å². The molecule has 1 aliphatic heterocycles. The van der Waals surface area contributed by atoms with Gasteiger partial charge in [0, 0.05) is 39.6 Å². The van der Waals surface area contributed by atoms with E-state index >= 15 is 0 Å². The fraction of sp³-hybridized carbons (Fsp3) is 0.600. The number of hydrogen-bond donors (Lipinski definition) is 0. The van der Waals surface area contributed by atoms with Gasteiger partial charge >= 0.3 is 0 Å². The smallest absolute Gasteiger partial charge is 0.178 e. The van der Waals surface area contributed by atoms with Crippen molar-refractivity contribution in [1.82, 2.24) is 9.88 Å². The molecule has 0 unspecified atom stereocenters. The van der Waals surface area contributed by atoms with Crippen molar-refractivity contribution >= 4 is 11.5 Å². The molecule has 2 heterocycles. The highest BCUT2D eigenvalue weighted by Crippen LogP contribution is 2.16. The van der Waals surface area contributed by atoms with Crippen LogP contribution in [0.1, 0.15) is 31.3 Å². The first-order valence-electron chi connectivity index (χ1n) is 7.00. The Morgan fingerprint density at radius 3 is 2.42 bits per heavy atom. The summed E-state index contributed by atoms with van der Waals surface area (Å²) >= 11 is 0. The summed E-state index contributed by atoms with van der Waals surface area (Å²) in [6, 6.07) is 3.82. The Hall–Kier alpha value is -1.42. The molecule has 0 saturated carbocycles. The lowest BCUT2D eigenvalue weighted by atomic mass is 10.2. The second-order valence-electron chi connectivity index (χ2n) is 5.64. The second-order valence-corrected chi connectivity index (χ2v) is 5.64. The average Bonchev–Trinajstić information content (AvgIpc) is 2.39. The van der Waals surface area contributed by atoms with Crippen LogP contribution in [0.5, 0.6) is 0 Å². The van der Waals surface area contributed by atoms with Crippen molar-refractivity contribution in [1.29, 1.82) is 0 Å². The van der Waals surface area contributed by atoms with Gasteiger partial charge in [-0.3, -0.25) is 14.7 Å². The summed E-state index contributed by atoms with van der Waals surface area (Å²) in [4.78, 5) is 20.3. The Labute approximate surface area is 115 Å². The molecule has 4 heteroatoms. The molecule has 1 fully saturated rings. The number of aromatic nitrogens is 1. The van der Waals surface area contributed by atoms with Gasteiger partial charge in [0.15, 0.2) is 5.78 Å². The van der Waals surface area contributed by atoms with Crippen LogP contribution >= 0.6 is 0 Å². The van der Waals surface area contributed by atoms with Gasteiger partial charge in [-0.1, -0.05) is 13.8 Å². The lowest BCUT2D eigenvalue weighted by Gasteiger charge is -2.36. The number of rotatable bonds is 4. The predicted molar refractivity (Wildman–Crippen MR) is 77.7 cm³/mol. The molecule has 2 rings (SSSR count). The number of carbonyl (C=O) groups excluding carboxylic acids is 1. The molecular weight excluding hydrogens is 238 g/mol. The molecule has 19 heavy (non-hydrogen) atoms. The highest BCUT2D eigenvalue weighted by molar-refractivity contribution is 5.92. The quantitative estimate of drug-likeness (QED) is 0.777. The van der Waals surface area contributed by atoms with Crippen LogP contribution in [0.25, 0.3) is 0 Å². The molecule has 0 atom stereocenters. The highest BCUT2D eigenvalue weighted by atomic mass is 16.1. The number of hydrogen-bond acceptors (Lipinski definition) is 4. The fourth-order valence-corrected chi connectivity index (χ4v) is 2.49. The third kappa shape index (κ3) is 3.77. The molecule has 0 spiro atoms. The zero-order valence-electron chi connectivity index (χ0n) is 12.1. The van der Waals surface area contributed by atoms with E-state index in [2.05, 4.69) is 28.6 Å². The summed E-state index contributed by atoms with van der Waals surface area (Å²) in [5.74, 6) is 0.747. The largest absolute Gasteiger partial charge is 0.368 e. The van der Waals surface area contributed by atoms with Crippen molar-refractivity contribution in [2.45, 2.75) is 20.8 Å². The van der Waals surface area contributed by atoms with E-state index in [0.717, 1.165) is 37.8 Å². The Morgan fingerprint density at radius 1 is 1.26 bits per heavy atom. The topological polar surface area (TPSA) is 36.4 Å². The van der Waals surface area contributed by atoms with Gasteiger partial charge in [0.2, 0.25) is 0 Å². The van der Waals surface area contributed by atoms with Crippen molar-refractivity contribution < 1.29 is 4.79 Å². The minimum atomic E-state index is 0.0216. The summed E-state index contributed by atoms with van der Waals surface area (Å²) in [7, 11) is 0. The molecule has 1 aromatic rings. The zero-order valence-corrected chi connectivity index (χ0v) is 12.1. The summed E-state index contributed by atoms with van der Waals surface area (Å²) in [5, 5.41) is 0. The van der Waals surface area contributed by atoms with Crippen LogP contribution in [0.2, 0.25) is 0 Å². The van der Waals surface area contributed by atoms with Gasteiger partial charge in [-0.05, 0) is 18.1 Å². The van der Waals surface area contributed by atoms with Crippen molar-refractivity contribution in [2.75, 3.05) is 37.6 Å². The predicted octanol–water partition coefficient (Wildman–Crippen LogP) is 2.06. The maximum Gasteiger partial charge on any atom is 0.178 e. The average molecular weight is 261 g/mol. The van der Waals surface area contributed by atoms with Crippen LogP contribution < -0.4 is 4.90 Å². The normalized spacial score (nSPS) is 16.9. The third-order valence-corrected chi connectivity index (χ3v) is 3.47. The summed E-state index contributed by atoms with van der Waals surface area (Å²) in [6.07, 6.45) is 1.81. The second kappa shape index (κ2) is 6.15. The Balaban J connectivity index is 1.92. The van der Waals surface area contributed by atoms with Crippen LogP contribution in [-0.2, 0) is 0 Å². The molecule has 0 radical (unpaired) electrons. The maximum absolute atomic E-state index is 11.2. The molecule has 0 N–H and O–H groups in total. The first-order chi connectivity index (χ1) is 9.06. The van der Waals surface area contributed by atoms with Crippen molar-refractivity contribution in [2.24, 2.45) is 5.92 Å². The molecule has 0 bridgehead atoms. The van der Waals surface area contributed by atoms with Crippen molar-refractivity contribution in [3.8, 4) is 0 Å². The lowest BCUT2D eigenvalue weighted by molar-refractivity contribution is 0.101. The van der Waals surface area contributed by atoms with Gasteiger partial charge in [-0.15, -0.1) is 0 Å².